The van der Waals surface area contributed by atoms with E-state index in [1.165, 1.54) is 0 Å². The summed E-state index contributed by atoms with van der Waals surface area (Å²) in [5.41, 5.74) is 4.57. The lowest BCUT2D eigenvalue weighted by atomic mass is 9.84. The highest BCUT2D eigenvalue weighted by Gasteiger charge is 2.46. The van der Waals surface area contributed by atoms with Crippen LogP contribution in [0.15, 0.2) is 35.4 Å². The third-order valence-electron chi connectivity index (χ3n) is 3.83. The summed E-state index contributed by atoms with van der Waals surface area (Å²) in [4.78, 5) is 36.5. The van der Waals surface area contributed by atoms with Gasteiger partial charge in [-0.3, -0.25) is 0 Å². The van der Waals surface area contributed by atoms with Crippen LogP contribution in [-0.2, 0) is 9.53 Å². The van der Waals surface area contributed by atoms with Gasteiger partial charge >= 0.3 is 18.1 Å². The molecule has 9 heteroatoms. The van der Waals surface area contributed by atoms with Crippen LogP contribution in [0.5, 0.6) is 5.75 Å². The molecule has 4 N–H and O–H groups in total. The van der Waals surface area contributed by atoms with E-state index in [0.717, 1.165) is 6.21 Å². The van der Waals surface area contributed by atoms with E-state index < -0.39 is 35.2 Å². The van der Waals surface area contributed by atoms with E-state index in [4.69, 9.17) is 15.2 Å². The molecule has 1 rings (SSSR count). The summed E-state index contributed by atoms with van der Waals surface area (Å²) in [6, 6.07) is 7.48. The van der Waals surface area contributed by atoms with E-state index >= 15 is 0 Å². The summed E-state index contributed by atoms with van der Waals surface area (Å²) in [7, 11) is 0. The second-order valence-corrected chi connectivity index (χ2v) is 7.24. The van der Waals surface area contributed by atoms with Gasteiger partial charge in [0.25, 0.3) is 0 Å². The molecule has 0 bridgehead atoms. The Morgan fingerprint density at radius 3 is 2.32 bits per heavy atom. The summed E-state index contributed by atoms with van der Waals surface area (Å²) in [5.74, 6) is -0.939. The van der Waals surface area contributed by atoms with Gasteiger partial charge in [0.2, 0.25) is 0 Å². The fourth-order valence-electron chi connectivity index (χ4n) is 2.26. The van der Waals surface area contributed by atoms with Crippen LogP contribution in [0, 0.1) is 5.92 Å². The van der Waals surface area contributed by atoms with Crippen molar-refractivity contribution in [2.45, 2.75) is 52.2 Å². The fraction of sp³-hybridized carbons (Fsp3) is 0.474. The fourth-order valence-corrected chi connectivity index (χ4v) is 2.26. The molecule has 28 heavy (non-hydrogen) atoms. The van der Waals surface area contributed by atoms with Crippen molar-refractivity contribution in [1.29, 1.82) is 0 Å². The first-order chi connectivity index (χ1) is 13.0. The predicted molar refractivity (Wildman–Crippen MR) is 105 cm³/mol. The van der Waals surface area contributed by atoms with E-state index in [1.807, 2.05) is 12.3 Å². The molecule has 0 radical (unpaired) electrons. The summed E-state index contributed by atoms with van der Waals surface area (Å²) >= 11 is 0. The second kappa shape index (κ2) is 9.72. The van der Waals surface area contributed by atoms with E-state index in [0.29, 0.717) is 12.2 Å². The Bertz CT molecular complexity index is 715. The van der Waals surface area contributed by atoms with Crippen LogP contribution in [0.4, 0.5) is 9.59 Å². The average Bonchev–Trinajstić information content (AvgIpc) is 2.58. The molecule has 0 heterocycles. The Balaban J connectivity index is 3.29. The van der Waals surface area contributed by atoms with Gasteiger partial charge in [0.15, 0.2) is 5.54 Å². The van der Waals surface area contributed by atoms with Crippen LogP contribution in [0.2, 0.25) is 0 Å². The van der Waals surface area contributed by atoms with Crippen LogP contribution in [0.25, 0.3) is 0 Å². The van der Waals surface area contributed by atoms with E-state index in [9.17, 15) is 14.4 Å². The molecule has 1 aromatic carbocycles. The summed E-state index contributed by atoms with van der Waals surface area (Å²) in [6.45, 7) is 8.66. The first-order valence-electron chi connectivity index (χ1n) is 8.88. The monoisotopic (exact) mass is 392 g/mol. The number of benzene rings is 1. The Labute approximate surface area is 164 Å². The number of para-hydroxylation sites is 1. The zero-order valence-electron chi connectivity index (χ0n) is 16.8. The first-order valence-corrected chi connectivity index (χ1v) is 8.88. The Hall–Kier alpha value is -3.10. The molecule has 3 amide bonds. The van der Waals surface area contributed by atoms with Gasteiger partial charge < -0.3 is 20.5 Å². The summed E-state index contributed by atoms with van der Waals surface area (Å²) in [6.07, 6.45) is 0.756. The number of hydrogen-bond donors (Lipinski definition) is 3. The van der Waals surface area contributed by atoms with Crippen LogP contribution < -0.4 is 21.2 Å². The Morgan fingerprint density at radius 1 is 1.21 bits per heavy atom. The highest BCUT2D eigenvalue weighted by atomic mass is 16.6. The third-order valence-corrected chi connectivity index (χ3v) is 3.83. The van der Waals surface area contributed by atoms with E-state index in [-0.39, 0.29) is 0 Å². The number of ether oxygens (including phenoxy) is 2. The minimum Gasteiger partial charge on any atom is -0.444 e. The van der Waals surface area contributed by atoms with E-state index in [2.05, 4.69) is 10.4 Å². The Kier molecular flexibility index (Phi) is 7.97. The van der Waals surface area contributed by atoms with Crippen LogP contribution in [0.1, 0.15) is 41.0 Å². The van der Waals surface area contributed by atoms with Crippen molar-refractivity contribution in [3.05, 3.63) is 30.3 Å². The molecule has 154 valence electrons. The number of alkyl carbamates (subject to hydrolysis) is 1. The average molecular weight is 392 g/mol. The van der Waals surface area contributed by atoms with Gasteiger partial charge in [-0.25, -0.2) is 19.8 Å². The third kappa shape index (κ3) is 6.90. The van der Waals surface area contributed by atoms with Crippen molar-refractivity contribution in [2.24, 2.45) is 16.8 Å². The van der Waals surface area contributed by atoms with Crippen molar-refractivity contribution >= 4 is 24.3 Å². The molecule has 0 fully saturated rings. The number of carbonyl (C=O) groups excluding carboxylic acids is 3. The lowest BCUT2D eigenvalue weighted by Crippen LogP contribution is -2.62. The number of nitrogens with zero attached hydrogens (tertiary/aromatic N) is 1. The largest absolute Gasteiger partial charge is 0.444 e. The smallest absolute Gasteiger partial charge is 0.408 e. The number of esters is 1. The normalized spacial score (nSPS) is 14.6. The number of hydrogen-bond acceptors (Lipinski definition) is 6. The predicted octanol–water partition coefficient (Wildman–Crippen LogP) is 2.56. The summed E-state index contributed by atoms with van der Waals surface area (Å²) in [5, 5.41) is 6.26. The molecule has 0 aromatic heterocycles. The Morgan fingerprint density at radius 2 is 1.82 bits per heavy atom. The first kappa shape index (κ1) is 22.9. The molecule has 0 aliphatic heterocycles. The number of primary amides is 1. The van der Waals surface area contributed by atoms with Gasteiger partial charge in [-0.15, -0.1) is 0 Å². The molecule has 1 aromatic rings. The molecule has 0 aliphatic carbocycles. The number of carbonyl (C=O) groups is 3. The standard InChI is InChI=1S/C19H28N4O5/c1-6-13(2)19(12-21-23-16(20)25,22-17(26)28-18(3,4)5)15(24)27-14-10-8-7-9-11-14/h7-13H,6H2,1-5H3,(H,22,26)(H3,20,23,25)/b21-12+/t13-,19+/m0/s1. The molecule has 0 unspecified atom stereocenters. The molecule has 0 saturated carbocycles. The van der Waals surface area contributed by atoms with Crippen molar-refractivity contribution in [1.82, 2.24) is 10.7 Å². The number of nitrogens with two attached hydrogens (primary N) is 1. The quantitative estimate of drug-likeness (QED) is 0.284. The highest BCUT2D eigenvalue weighted by Crippen LogP contribution is 2.24. The van der Waals surface area contributed by atoms with E-state index in [1.54, 1.807) is 58.0 Å². The number of rotatable bonds is 7. The SMILES string of the molecule is CC[C@H](C)[C@@](/C=N/NC(N)=O)(NC(=O)OC(C)(C)C)C(=O)Oc1ccccc1. The number of urea groups is 1. The van der Waals surface area contributed by atoms with Crippen LogP contribution >= 0.6 is 0 Å². The minimum absolute atomic E-state index is 0.294. The van der Waals surface area contributed by atoms with Crippen LogP contribution in [0.3, 0.4) is 0 Å². The maximum Gasteiger partial charge on any atom is 0.408 e. The summed E-state index contributed by atoms with van der Waals surface area (Å²) < 4.78 is 10.7. The maximum absolute atomic E-state index is 13.1. The van der Waals surface area contributed by atoms with Gasteiger partial charge in [0, 0.05) is 0 Å². The van der Waals surface area contributed by atoms with Gasteiger partial charge in [-0.05, 0) is 38.8 Å². The van der Waals surface area contributed by atoms with Gasteiger partial charge in [0.05, 0.1) is 6.21 Å². The molecular formula is C19H28N4O5. The lowest BCUT2D eigenvalue weighted by molar-refractivity contribution is -0.140. The van der Waals surface area contributed by atoms with Gasteiger partial charge in [-0.2, -0.15) is 5.10 Å². The van der Waals surface area contributed by atoms with Gasteiger partial charge in [0.1, 0.15) is 11.4 Å². The topological polar surface area (TPSA) is 132 Å². The molecule has 0 aliphatic rings. The zero-order chi connectivity index (χ0) is 21.4. The number of amides is 3. The second-order valence-electron chi connectivity index (χ2n) is 7.24. The minimum atomic E-state index is -1.70. The number of hydrazone groups is 1. The number of nitrogens with one attached hydrogen (secondary N) is 2. The van der Waals surface area contributed by atoms with Crippen LogP contribution in [-0.4, -0.2) is 35.4 Å². The van der Waals surface area contributed by atoms with Crippen molar-refractivity contribution in [3.63, 3.8) is 0 Å². The molecule has 0 saturated heterocycles. The van der Waals surface area contributed by atoms with Crippen molar-refractivity contribution in [3.8, 4) is 5.75 Å². The maximum atomic E-state index is 13.1. The zero-order valence-corrected chi connectivity index (χ0v) is 16.8. The molecule has 9 nitrogen and oxygen atoms in total. The van der Waals surface area contributed by atoms with Crippen molar-refractivity contribution in [2.75, 3.05) is 0 Å². The molecule has 0 spiro atoms. The lowest BCUT2D eigenvalue weighted by Gasteiger charge is -2.34. The van der Waals surface area contributed by atoms with Crippen molar-refractivity contribution < 1.29 is 23.9 Å². The van der Waals surface area contributed by atoms with Gasteiger partial charge in [-0.1, -0.05) is 38.5 Å². The molecule has 2 atom stereocenters. The highest BCUT2D eigenvalue weighted by molar-refractivity contribution is 6.04. The molecular weight excluding hydrogens is 364 g/mol.